The molecule has 108 valence electrons. The van der Waals surface area contributed by atoms with Crippen LogP contribution in [0.15, 0.2) is 18.2 Å². The molecule has 0 radical (unpaired) electrons. The van der Waals surface area contributed by atoms with Crippen molar-refractivity contribution in [2.45, 2.75) is 32.2 Å². The molecule has 0 saturated carbocycles. The number of methoxy groups -OCH3 is 1. The Labute approximate surface area is 109 Å². The quantitative estimate of drug-likeness (QED) is 0.856. The molecule has 2 unspecified atom stereocenters. The topological polar surface area (TPSA) is 35.2 Å². The monoisotopic (exact) mass is 279 g/mol. The van der Waals surface area contributed by atoms with Crippen molar-refractivity contribution in [2.75, 3.05) is 7.11 Å². The van der Waals surface area contributed by atoms with Crippen LogP contribution in [0.5, 0.6) is 0 Å². The van der Waals surface area contributed by atoms with Gasteiger partial charge < -0.3 is 10.5 Å². The summed E-state index contributed by atoms with van der Waals surface area (Å²) in [6.45, 7) is 3.74. The summed E-state index contributed by atoms with van der Waals surface area (Å²) in [7, 11) is 1.46. The molecule has 0 spiro atoms. The molecular formula is C13H17F4NO. The molecule has 2 atom stereocenters. The number of alkyl halides is 3. The molecule has 1 aromatic rings. The van der Waals surface area contributed by atoms with Crippen molar-refractivity contribution in [1.82, 2.24) is 0 Å². The highest BCUT2D eigenvalue weighted by Gasteiger charge is 2.34. The lowest BCUT2D eigenvalue weighted by Gasteiger charge is -2.26. The average Bonchev–Trinajstić information content (AvgIpc) is 2.27. The highest BCUT2D eigenvalue weighted by molar-refractivity contribution is 5.29. The molecule has 0 aliphatic rings. The molecule has 19 heavy (non-hydrogen) atoms. The summed E-state index contributed by atoms with van der Waals surface area (Å²) < 4.78 is 56.0. The van der Waals surface area contributed by atoms with Crippen LogP contribution < -0.4 is 5.73 Å². The van der Waals surface area contributed by atoms with E-state index < -0.39 is 29.7 Å². The molecule has 0 heterocycles. The highest BCUT2D eigenvalue weighted by Crippen LogP contribution is 2.33. The molecule has 0 aromatic heterocycles. The van der Waals surface area contributed by atoms with Crippen LogP contribution in [0.3, 0.4) is 0 Å². The van der Waals surface area contributed by atoms with Gasteiger partial charge in [-0.3, -0.25) is 0 Å². The second kappa shape index (κ2) is 5.88. The molecule has 0 amide bonds. The minimum absolute atomic E-state index is 0.0605. The van der Waals surface area contributed by atoms with Gasteiger partial charge in [-0.25, -0.2) is 4.39 Å². The molecule has 1 rings (SSSR count). The van der Waals surface area contributed by atoms with Gasteiger partial charge in [0.05, 0.1) is 17.7 Å². The number of ether oxygens (including phenoxy) is 1. The van der Waals surface area contributed by atoms with Crippen LogP contribution in [0.4, 0.5) is 17.6 Å². The van der Waals surface area contributed by atoms with Crippen LogP contribution in [-0.2, 0) is 10.9 Å². The summed E-state index contributed by atoms with van der Waals surface area (Å²) in [4.78, 5) is 0. The summed E-state index contributed by atoms with van der Waals surface area (Å²) in [5, 5.41) is 0. The smallest absolute Gasteiger partial charge is 0.379 e. The first-order valence-electron chi connectivity index (χ1n) is 5.83. The Balaban J connectivity index is 3.07. The molecule has 0 bridgehead atoms. The van der Waals surface area contributed by atoms with Crippen molar-refractivity contribution in [3.05, 3.63) is 35.1 Å². The van der Waals surface area contributed by atoms with Crippen molar-refractivity contribution in [3.8, 4) is 0 Å². The number of halogens is 4. The van der Waals surface area contributed by atoms with Crippen LogP contribution in [0.25, 0.3) is 0 Å². The third kappa shape index (κ3) is 3.67. The lowest BCUT2D eigenvalue weighted by molar-refractivity contribution is -0.140. The molecule has 6 heteroatoms. The molecule has 1 aromatic carbocycles. The third-order valence-electron chi connectivity index (χ3n) is 2.97. The molecule has 0 saturated heterocycles. The van der Waals surface area contributed by atoms with Gasteiger partial charge in [-0.1, -0.05) is 19.9 Å². The first-order chi connectivity index (χ1) is 8.68. The van der Waals surface area contributed by atoms with E-state index >= 15 is 0 Å². The largest absolute Gasteiger partial charge is 0.419 e. The van der Waals surface area contributed by atoms with Crippen LogP contribution in [0.1, 0.15) is 31.0 Å². The summed E-state index contributed by atoms with van der Waals surface area (Å²) in [5.74, 6) is -1.26. The van der Waals surface area contributed by atoms with Gasteiger partial charge in [0.15, 0.2) is 0 Å². The van der Waals surface area contributed by atoms with Crippen LogP contribution in [0.2, 0.25) is 0 Å². The van der Waals surface area contributed by atoms with Crippen LogP contribution >= 0.6 is 0 Å². The van der Waals surface area contributed by atoms with Crippen molar-refractivity contribution in [1.29, 1.82) is 0 Å². The fourth-order valence-corrected chi connectivity index (χ4v) is 1.99. The Bertz CT molecular complexity index is 431. The summed E-state index contributed by atoms with van der Waals surface area (Å²) in [6, 6.07) is 2.03. The Morgan fingerprint density at radius 3 is 2.16 bits per heavy atom. The van der Waals surface area contributed by atoms with E-state index in [4.69, 9.17) is 10.5 Å². The van der Waals surface area contributed by atoms with E-state index in [0.29, 0.717) is 6.07 Å². The van der Waals surface area contributed by atoms with E-state index in [1.807, 2.05) is 13.8 Å². The molecular weight excluding hydrogens is 262 g/mol. The highest BCUT2D eigenvalue weighted by atomic mass is 19.4. The van der Waals surface area contributed by atoms with E-state index in [0.717, 1.165) is 6.07 Å². The van der Waals surface area contributed by atoms with E-state index in [1.54, 1.807) is 0 Å². The molecule has 2 nitrogen and oxygen atoms in total. The third-order valence-corrected chi connectivity index (χ3v) is 2.97. The van der Waals surface area contributed by atoms with E-state index in [1.165, 1.54) is 13.2 Å². The molecule has 2 N–H and O–H groups in total. The Morgan fingerprint density at radius 2 is 1.79 bits per heavy atom. The number of nitrogens with two attached hydrogens (primary N) is 1. The first-order valence-corrected chi connectivity index (χ1v) is 5.83. The maximum absolute atomic E-state index is 13.5. The number of hydrogen-bond acceptors (Lipinski definition) is 2. The van der Waals surface area contributed by atoms with Crippen molar-refractivity contribution in [2.24, 2.45) is 11.7 Å². The fraction of sp³-hybridized carbons (Fsp3) is 0.538. The van der Waals surface area contributed by atoms with Gasteiger partial charge >= 0.3 is 6.18 Å². The van der Waals surface area contributed by atoms with Crippen molar-refractivity contribution in [3.63, 3.8) is 0 Å². The van der Waals surface area contributed by atoms with E-state index in [2.05, 4.69) is 0 Å². The van der Waals surface area contributed by atoms with Gasteiger partial charge in [0.2, 0.25) is 0 Å². The van der Waals surface area contributed by atoms with E-state index in [9.17, 15) is 17.6 Å². The van der Waals surface area contributed by atoms with Crippen molar-refractivity contribution >= 4 is 0 Å². The summed E-state index contributed by atoms with van der Waals surface area (Å²) in [5.41, 5.74) is 4.90. The predicted molar refractivity (Wildman–Crippen MR) is 64.0 cm³/mol. The summed E-state index contributed by atoms with van der Waals surface area (Å²) >= 11 is 0. The zero-order chi connectivity index (χ0) is 14.8. The van der Waals surface area contributed by atoms with Crippen LogP contribution in [0, 0.1) is 11.7 Å². The predicted octanol–water partition coefficient (Wildman–Crippen LogP) is 3.52. The maximum atomic E-state index is 13.5. The summed E-state index contributed by atoms with van der Waals surface area (Å²) in [6.07, 6.45) is -5.10. The molecule has 0 aliphatic heterocycles. The normalized spacial score (nSPS) is 15.6. The average molecular weight is 279 g/mol. The van der Waals surface area contributed by atoms with Crippen LogP contribution in [-0.4, -0.2) is 13.2 Å². The first kappa shape index (κ1) is 15.9. The lowest BCUT2D eigenvalue weighted by atomic mass is 9.93. The van der Waals surface area contributed by atoms with Gasteiger partial charge in [0, 0.05) is 7.11 Å². The van der Waals surface area contributed by atoms with Gasteiger partial charge in [-0.05, 0) is 23.6 Å². The van der Waals surface area contributed by atoms with Gasteiger partial charge in [-0.2, -0.15) is 13.2 Å². The zero-order valence-corrected chi connectivity index (χ0v) is 11.0. The second-order valence-corrected chi connectivity index (χ2v) is 4.71. The second-order valence-electron chi connectivity index (χ2n) is 4.71. The van der Waals surface area contributed by atoms with E-state index in [-0.39, 0.29) is 11.5 Å². The Morgan fingerprint density at radius 1 is 1.21 bits per heavy atom. The number of benzene rings is 1. The van der Waals surface area contributed by atoms with Gasteiger partial charge in [0.25, 0.3) is 0 Å². The molecule has 0 fully saturated rings. The SMILES string of the molecule is COC(C(C)C)C(N)c1ccc(C(F)(F)F)c(F)c1. The Kier molecular flexibility index (Phi) is 4.92. The zero-order valence-electron chi connectivity index (χ0n) is 11.0. The maximum Gasteiger partial charge on any atom is 0.419 e. The minimum atomic E-state index is -4.70. The minimum Gasteiger partial charge on any atom is -0.379 e. The molecule has 0 aliphatic carbocycles. The number of rotatable bonds is 4. The fourth-order valence-electron chi connectivity index (χ4n) is 1.99. The van der Waals surface area contributed by atoms with Gasteiger partial charge in [0.1, 0.15) is 5.82 Å². The number of hydrogen-bond donors (Lipinski definition) is 1. The standard InChI is InChI=1S/C13H17F4NO/c1-7(2)12(19-3)11(18)8-4-5-9(10(14)6-8)13(15,16)17/h4-7,11-12H,18H2,1-3H3. The lowest BCUT2D eigenvalue weighted by Crippen LogP contribution is -2.32. The van der Waals surface area contributed by atoms with Gasteiger partial charge in [-0.15, -0.1) is 0 Å². The Hall–Kier alpha value is -1.14. The van der Waals surface area contributed by atoms with Crippen molar-refractivity contribution < 1.29 is 22.3 Å².